The number of rotatable bonds is 6. The number of carbonyl (C=O) groups excluding carboxylic acids is 3. The molecule has 14 nitrogen and oxygen atoms in total. The molecule has 11 rings (SSSR count). The first-order chi connectivity index (χ1) is 29.4. The van der Waals surface area contributed by atoms with Crippen LogP contribution in [-0.4, -0.2) is 135 Å². The fraction of sp³-hybridized carbons (Fsp3) is 0.543. The first kappa shape index (κ1) is 38.8. The number of H-pyrrole nitrogens is 1. The summed E-state index contributed by atoms with van der Waals surface area (Å²) >= 11 is 0. The number of imide groups is 1. The van der Waals surface area contributed by atoms with Gasteiger partial charge in [0.1, 0.15) is 24.1 Å². The molecule has 3 amide bonds. The summed E-state index contributed by atoms with van der Waals surface area (Å²) in [6.07, 6.45) is 8.11. The second-order valence-corrected chi connectivity index (χ2v) is 19.1. The van der Waals surface area contributed by atoms with Gasteiger partial charge in [0.15, 0.2) is 0 Å². The summed E-state index contributed by atoms with van der Waals surface area (Å²) < 4.78 is 28.4. The highest BCUT2D eigenvalue weighted by molar-refractivity contribution is 6.06. The fourth-order valence-corrected chi connectivity index (χ4v) is 11.5. The van der Waals surface area contributed by atoms with Crippen molar-refractivity contribution >= 4 is 40.3 Å². The predicted octanol–water partition coefficient (Wildman–Crippen LogP) is 4.51. The average molecular weight is 832 g/mol. The highest BCUT2D eigenvalue weighted by atomic mass is 19.1. The molecule has 2 aromatic carbocycles. The van der Waals surface area contributed by atoms with Crippen LogP contribution in [-0.2, 0) is 27.3 Å². The highest BCUT2D eigenvalue weighted by Gasteiger charge is 2.48. The summed E-state index contributed by atoms with van der Waals surface area (Å²) in [6.45, 7) is 11.6. The number of piperazine rings is 1. The van der Waals surface area contributed by atoms with Crippen LogP contribution in [0.1, 0.15) is 91.7 Å². The van der Waals surface area contributed by atoms with Gasteiger partial charge >= 0.3 is 0 Å². The van der Waals surface area contributed by atoms with E-state index in [1.807, 2.05) is 24.5 Å². The van der Waals surface area contributed by atoms with Crippen LogP contribution in [0.2, 0.25) is 0 Å². The van der Waals surface area contributed by atoms with Crippen molar-refractivity contribution in [2.45, 2.75) is 107 Å². The molecule has 0 bridgehead atoms. The van der Waals surface area contributed by atoms with Crippen molar-refractivity contribution < 1.29 is 28.2 Å². The van der Waals surface area contributed by atoms with Crippen molar-refractivity contribution in [3.63, 3.8) is 0 Å². The van der Waals surface area contributed by atoms with Crippen LogP contribution in [0.3, 0.4) is 0 Å². The highest BCUT2D eigenvalue weighted by Crippen LogP contribution is 2.46. The Hall–Kier alpha value is -5.12. The first-order valence-corrected chi connectivity index (χ1v) is 22.1. The molecule has 2 aromatic heterocycles. The smallest absolute Gasteiger partial charge is 0.255 e. The van der Waals surface area contributed by atoms with Crippen molar-refractivity contribution in [3.8, 4) is 5.75 Å². The lowest BCUT2D eigenvalue weighted by atomic mass is 9.87. The SMILES string of the molecule is C[C@@H]1Cc2c([nH]c3ccccc23)[C@@H](c2cnc(N3CCC4(CC3)CC(N3CCN5c6ccc7c(c6OC[C@H]5C3)CN(C3CCC(=O)NC3=O)C7=O)CO4)nc2)N1CC(C)(C)F. The van der Waals surface area contributed by atoms with Gasteiger partial charge in [0.25, 0.3) is 5.91 Å². The van der Waals surface area contributed by atoms with E-state index in [9.17, 15) is 14.4 Å². The molecule has 5 atom stereocenters. The molecule has 4 saturated heterocycles. The van der Waals surface area contributed by atoms with Gasteiger partial charge in [-0.05, 0) is 76.6 Å². The van der Waals surface area contributed by atoms with E-state index in [4.69, 9.17) is 19.4 Å². The van der Waals surface area contributed by atoms with Gasteiger partial charge in [0.2, 0.25) is 17.8 Å². The zero-order valence-corrected chi connectivity index (χ0v) is 35.2. The number of ether oxygens (including phenoxy) is 2. The Bertz CT molecular complexity index is 2410. The fourth-order valence-electron chi connectivity index (χ4n) is 11.5. The maximum Gasteiger partial charge on any atom is 0.255 e. The Balaban J connectivity index is 0.728. The quantitative estimate of drug-likeness (QED) is 0.266. The van der Waals surface area contributed by atoms with E-state index >= 15 is 4.39 Å². The van der Waals surface area contributed by atoms with Crippen molar-refractivity contribution in [3.05, 3.63) is 76.7 Å². The third-order valence-corrected chi connectivity index (χ3v) is 14.6. The summed E-state index contributed by atoms with van der Waals surface area (Å²) in [5, 5.41) is 3.62. The van der Waals surface area contributed by atoms with Gasteiger partial charge in [-0.15, -0.1) is 0 Å². The lowest BCUT2D eigenvalue weighted by Gasteiger charge is -2.47. The summed E-state index contributed by atoms with van der Waals surface area (Å²) in [4.78, 5) is 62.5. The van der Waals surface area contributed by atoms with E-state index in [0.717, 1.165) is 98.1 Å². The van der Waals surface area contributed by atoms with Gasteiger partial charge in [0, 0.05) is 103 Å². The third kappa shape index (κ3) is 6.65. The number of para-hydroxylation sites is 1. The predicted molar refractivity (Wildman–Crippen MR) is 226 cm³/mol. The van der Waals surface area contributed by atoms with Crippen LogP contribution >= 0.6 is 0 Å². The minimum atomic E-state index is -1.36. The number of amides is 3. The normalized spacial score (nSPS) is 27.8. The van der Waals surface area contributed by atoms with E-state index in [2.05, 4.69) is 61.1 Å². The average Bonchev–Trinajstić information content (AvgIpc) is 3.94. The summed E-state index contributed by atoms with van der Waals surface area (Å²) in [5.74, 6) is 0.579. The van der Waals surface area contributed by atoms with Crippen molar-refractivity contribution in [2.75, 3.05) is 62.3 Å². The second kappa shape index (κ2) is 14.5. The number of carbonyl (C=O) groups is 3. The number of aromatic nitrogens is 3. The number of aromatic amines is 1. The first-order valence-electron chi connectivity index (χ1n) is 22.1. The Morgan fingerprint density at radius 2 is 1.75 bits per heavy atom. The van der Waals surface area contributed by atoms with E-state index in [1.54, 1.807) is 18.7 Å². The van der Waals surface area contributed by atoms with Crippen molar-refractivity contribution in [1.82, 2.24) is 35.0 Å². The Morgan fingerprint density at radius 3 is 2.54 bits per heavy atom. The minimum Gasteiger partial charge on any atom is -0.489 e. The van der Waals surface area contributed by atoms with Gasteiger partial charge < -0.3 is 29.2 Å². The van der Waals surface area contributed by atoms with Crippen LogP contribution in [0.15, 0.2) is 48.8 Å². The lowest BCUT2D eigenvalue weighted by Crippen LogP contribution is -2.59. The standard InChI is InChI=1S/C46H54FN9O5/c1-27-18-33-31-6-4-5-7-35(31)50-39(33)40(56(27)26-45(2,3)47)28-20-48-44(49-21-28)52-14-12-46(13-15-52)19-29(25-61-46)53-16-17-54-30(22-53)24-60-41-34-23-55(37-10-11-38(57)51-42(37)58)43(59)32(34)8-9-36(41)54/h4-9,20-21,27,29-30,37,40,50H,10-19,22-26H2,1-3H3,(H,51,57,58)/t27-,29?,30-,37?,40-/m1/s1. The molecular formula is C46H54FN9O5. The molecule has 9 heterocycles. The largest absolute Gasteiger partial charge is 0.489 e. The molecule has 0 aliphatic carbocycles. The molecule has 7 aliphatic rings. The lowest BCUT2D eigenvalue weighted by molar-refractivity contribution is -0.136. The maximum absolute atomic E-state index is 15.3. The second-order valence-electron chi connectivity index (χ2n) is 19.1. The number of anilines is 2. The number of benzene rings is 2. The number of hydrogen-bond donors (Lipinski definition) is 2. The van der Waals surface area contributed by atoms with Gasteiger partial charge in [-0.2, -0.15) is 0 Å². The Morgan fingerprint density at radius 1 is 0.951 bits per heavy atom. The molecule has 320 valence electrons. The summed E-state index contributed by atoms with van der Waals surface area (Å²) in [6, 6.07) is 12.1. The molecule has 2 unspecified atom stereocenters. The molecular weight excluding hydrogens is 778 g/mol. The number of nitrogens with zero attached hydrogens (tertiary/aromatic N) is 7. The number of hydrogen-bond acceptors (Lipinski definition) is 11. The van der Waals surface area contributed by atoms with E-state index in [-0.39, 0.29) is 42.0 Å². The molecule has 2 N–H and O–H groups in total. The molecule has 0 saturated carbocycles. The molecule has 0 radical (unpaired) electrons. The number of nitrogens with one attached hydrogen (secondary N) is 2. The number of alkyl halides is 1. The van der Waals surface area contributed by atoms with E-state index in [0.29, 0.717) is 44.3 Å². The van der Waals surface area contributed by atoms with Crippen LogP contribution in [0.4, 0.5) is 16.0 Å². The number of piperidine rings is 2. The molecule has 61 heavy (non-hydrogen) atoms. The van der Waals surface area contributed by atoms with Crippen molar-refractivity contribution in [1.29, 1.82) is 0 Å². The van der Waals surface area contributed by atoms with Gasteiger partial charge in [0.05, 0.1) is 36.5 Å². The zero-order chi connectivity index (χ0) is 41.8. The number of halogens is 1. The van der Waals surface area contributed by atoms with Crippen molar-refractivity contribution in [2.24, 2.45) is 0 Å². The minimum absolute atomic E-state index is 0.145. The summed E-state index contributed by atoms with van der Waals surface area (Å²) in [5.41, 5.74) is 5.36. The van der Waals surface area contributed by atoms with Crippen LogP contribution in [0.25, 0.3) is 10.9 Å². The third-order valence-electron chi connectivity index (χ3n) is 14.6. The van der Waals surface area contributed by atoms with E-state index in [1.165, 1.54) is 10.9 Å². The van der Waals surface area contributed by atoms with E-state index < -0.39 is 17.6 Å². The Labute approximate surface area is 354 Å². The van der Waals surface area contributed by atoms with Crippen LogP contribution in [0, 0.1) is 0 Å². The van der Waals surface area contributed by atoms with Gasteiger partial charge in [-0.3, -0.25) is 29.5 Å². The summed E-state index contributed by atoms with van der Waals surface area (Å²) in [7, 11) is 0. The molecule has 15 heteroatoms. The topological polar surface area (TPSA) is 139 Å². The van der Waals surface area contributed by atoms with Crippen LogP contribution < -0.4 is 19.9 Å². The molecule has 4 fully saturated rings. The van der Waals surface area contributed by atoms with Gasteiger partial charge in [-0.1, -0.05) is 18.2 Å². The van der Waals surface area contributed by atoms with Crippen LogP contribution in [0.5, 0.6) is 5.75 Å². The van der Waals surface area contributed by atoms with Gasteiger partial charge in [-0.25, -0.2) is 14.4 Å². The molecule has 4 aromatic rings. The molecule has 1 spiro atoms. The maximum atomic E-state index is 15.3. The Kier molecular flexibility index (Phi) is 9.21. The zero-order valence-electron chi connectivity index (χ0n) is 35.2. The monoisotopic (exact) mass is 831 g/mol. The number of fused-ring (bicyclic) bond motifs is 8. The molecule has 7 aliphatic heterocycles.